The third-order valence-corrected chi connectivity index (χ3v) is 3.94. The second kappa shape index (κ2) is 5.28. The molecule has 1 saturated carbocycles. The van der Waals surface area contributed by atoms with Gasteiger partial charge in [0.25, 0.3) is 0 Å². The molecule has 88 valence electrons. The van der Waals surface area contributed by atoms with Crippen molar-refractivity contribution in [2.75, 3.05) is 39.8 Å². The molecule has 2 rings (SSSR count). The molecule has 2 atom stereocenters. The highest BCUT2D eigenvalue weighted by atomic mass is 15.2. The molecular weight excluding hydrogens is 186 g/mol. The molecule has 2 fully saturated rings. The molecule has 2 unspecified atom stereocenters. The summed E-state index contributed by atoms with van der Waals surface area (Å²) in [5, 5.41) is 0. The largest absolute Gasteiger partial charge is 0.328 e. The van der Waals surface area contributed by atoms with Crippen LogP contribution in [0.2, 0.25) is 0 Å². The van der Waals surface area contributed by atoms with Gasteiger partial charge in [-0.2, -0.15) is 0 Å². The minimum atomic E-state index is 0.483. The minimum Gasteiger partial charge on any atom is -0.328 e. The number of likely N-dealkylation sites (N-methyl/N-ethyl adjacent to an activating group) is 1. The molecule has 1 saturated heterocycles. The molecule has 1 heterocycles. The highest BCUT2D eigenvalue weighted by Crippen LogP contribution is 2.24. The summed E-state index contributed by atoms with van der Waals surface area (Å²) in [5.74, 6) is 0.872. The van der Waals surface area contributed by atoms with Crippen LogP contribution in [0.1, 0.15) is 25.7 Å². The molecule has 2 N–H and O–H groups in total. The van der Waals surface area contributed by atoms with Gasteiger partial charge in [-0.05, 0) is 32.2 Å². The first-order chi connectivity index (χ1) is 7.24. The van der Waals surface area contributed by atoms with Crippen LogP contribution in [0.4, 0.5) is 0 Å². The number of rotatable bonds is 2. The average molecular weight is 211 g/mol. The molecule has 3 nitrogen and oxygen atoms in total. The molecule has 2 aliphatic rings. The normalized spacial score (nSPS) is 35.6. The van der Waals surface area contributed by atoms with E-state index in [-0.39, 0.29) is 0 Å². The molecule has 0 aromatic carbocycles. The summed E-state index contributed by atoms with van der Waals surface area (Å²) in [5.41, 5.74) is 6.03. The van der Waals surface area contributed by atoms with E-state index < -0.39 is 0 Å². The Balaban J connectivity index is 1.71. The van der Waals surface area contributed by atoms with Crippen molar-refractivity contribution in [3.05, 3.63) is 0 Å². The van der Waals surface area contributed by atoms with Gasteiger partial charge in [0.15, 0.2) is 0 Å². The van der Waals surface area contributed by atoms with Crippen LogP contribution in [0, 0.1) is 5.92 Å². The lowest BCUT2D eigenvalue weighted by atomic mass is 9.86. The van der Waals surface area contributed by atoms with Crippen molar-refractivity contribution in [1.82, 2.24) is 9.80 Å². The van der Waals surface area contributed by atoms with Crippen LogP contribution < -0.4 is 5.73 Å². The monoisotopic (exact) mass is 211 g/mol. The molecule has 0 amide bonds. The van der Waals surface area contributed by atoms with Gasteiger partial charge in [-0.25, -0.2) is 0 Å². The van der Waals surface area contributed by atoms with Crippen LogP contribution >= 0.6 is 0 Å². The first-order valence-corrected chi connectivity index (χ1v) is 6.40. The van der Waals surface area contributed by atoms with Gasteiger partial charge in [0.05, 0.1) is 0 Å². The Morgan fingerprint density at radius 3 is 2.53 bits per heavy atom. The maximum atomic E-state index is 6.03. The molecule has 0 spiro atoms. The quantitative estimate of drug-likeness (QED) is 0.731. The summed E-state index contributed by atoms with van der Waals surface area (Å²) in [6.07, 6.45) is 5.26. The van der Waals surface area contributed by atoms with Crippen LogP contribution in [0.3, 0.4) is 0 Å². The van der Waals surface area contributed by atoms with Crippen molar-refractivity contribution in [3.8, 4) is 0 Å². The zero-order valence-corrected chi connectivity index (χ0v) is 9.99. The third-order valence-electron chi connectivity index (χ3n) is 3.94. The maximum Gasteiger partial charge on any atom is 0.0110 e. The first-order valence-electron chi connectivity index (χ1n) is 6.40. The van der Waals surface area contributed by atoms with Crippen LogP contribution in [0.15, 0.2) is 0 Å². The van der Waals surface area contributed by atoms with Crippen molar-refractivity contribution in [2.24, 2.45) is 11.7 Å². The zero-order valence-electron chi connectivity index (χ0n) is 9.99. The predicted octanol–water partition coefficient (Wildman–Crippen LogP) is 0.751. The van der Waals surface area contributed by atoms with E-state index in [2.05, 4.69) is 16.8 Å². The van der Waals surface area contributed by atoms with Gasteiger partial charge in [0.1, 0.15) is 0 Å². The molecule has 0 aromatic heterocycles. The smallest absolute Gasteiger partial charge is 0.0110 e. The number of hydrogen-bond donors (Lipinski definition) is 1. The van der Waals surface area contributed by atoms with E-state index in [0.29, 0.717) is 6.04 Å². The first kappa shape index (κ1) is 11.4. The second-order valence-corrected chi connectivity index (χ2v) is 5.40. The predicted molar refractivity (Wildman–Crippen MR) is 63.9 cm³/mol. The summed E-state index contributed by atoms with van der Waals surface area (Å²) in [7, 11) is 2.22. The SMILES string of the molecule is CN1CCN(CC2CCCC(N)C2)CC1. The second-order valence-electron chi connectivity index (χ2n) is 5.40. The van der Waals surface area contributed by atoms with Crippen molar-refractivity contribution in [1.29, 1.82) is 0 Å². The summed E-state index contributed by atoms with van der Waals surface area (Å²) in [4.78, 5) is 5.05. The van der Waals surface area contributed by atoms with Crippen molar-refractivity contribution >= 4 is 0 Å². The molecule has 1 aliphatic carbocycles. The van der Waals surface area contributed by atoms with Crippen LogP contribution in [0.25, 0.3) is 0 Å². The number of nitrogens with two attached hydrogens (primary N) is 1. The molecule has 0 aromatic rings. The summed E-state index contributed by atoms with van der Waals surface area (Å²) in [6.45, 7) is 6.27. The van der Waals surface area contributed by atoms with E-state index in [1.54, 1.807) is 0 Å². The van der Waals surface area contributed by atoms with Gasteiger partial charge < -0.3 is 15.5 Å². The zero-order chi connectivity index (χ0) is 10.7. The molecule has 1 aliphatic heterocycles. The van der Waals surface area contributed by atoms with E-state index in [4.69, 9.17) is 5.73 Å². The Morgan fingerprint density at radius 2 is 1.87 bits per heavy atom. The minimum absolute atomic E-state index is 0.483. The Bertz CT molecular complexity index is 187. The fourth-order valence-corrected chi connectivity index (χ4v) is 2.89. The number of hydrogen-bond acceptors (Lipinski definition) is 3. The van der Waals surface area contributed by atoms with E-state index >= 15 is 0 Å². The van der Waals surface area contributed by atoms with Crippen molar-refractivity contribution in [3.63, 3.8) is 0 Å². The van der Waals surface area contributed by atoms with Gasteiger partial charge in [-0.15, -0.1) is 0 Å². The third kappa shape index (κ3) is 3.44. The van der Waals surface area contributed by atoms with E-state index in [0.717, 1.165) is 5.92 Å². The summed E-state index contributed by atoms with van der Waals surface area (Å²) in [6, 6.07) is 0.483. The summed E-state index contributed by atoms with van der Waals surface area (Å²) < 4.78 is 0. The fraction of sp³-hybridized carbons (Fsp3) is 1.00. The Kier molecular flexibility index (Phi) is 4.00. The topological polar surface area (TPSA) is 32.5 Å². The lowest BCUT2D eigenvalue weighted by Crippen LogP contribution is -2.47. The lowest BCUT2D eigenvalue weighted by Gasteiger charge is -2.36. The van der Waals surface area contributed by atoms with Crippen molar-refractivity contribution < 1.29 is 0 Å². The highest BCUT2D eigenvalue weighted by molar-refractivity contribution is 4.79. The Hall–Kier alpha value is -0.120. The highest BCUT2D eigenvalue weighted by Gasteiger charge is 2.22. The molecule has 3 heteroatoms. The van der Waals surface area contributed by atoms with Gasteiger partial charge in [-0.1, -0.05) is 6.42 Å². The van der Waals surface area contributed by atoms with Crippen LogP contribution in [-0.4, -0.2) is 55.6 Å². The van der Waals surface area contributed by atoms with E-state index in [1.807, 2.05) is 0 Å². The summed E-state index contributed by atoms with van der Waals surface area (Å²) >= 11 is 0. The number of nitrogens with zero attached hydrogens (tertiary/aromatic N) is 2. The Morgan fingerprint density at radius 1 is 1.13 bits per heavy atom. The van der Waals surface area contributed by atoms with Gasteiger partial charge in [0.2, 0.25) is 0 Å². The average Bonchev–Trinajstić information content (AvgIpc) is 2.22. The maximum absolute atomic E-state index is 6.03. The molecular formula is C12H25N3. The molecule has 0 radical (unpaired) electrons. The fourth-order valence-electron chi connectivity index (χ4n) is 2.89. The van der Waals surface area contributed by atoms with Gasteiger partial charge in [-0.3, -0.25) is 0 Å². The van der Waals surface area contributed by atoms with Crippen LogP contribution in [0.5, 0.6) is 0 Å². The van der Waals surface area contributed by atoms with E-state index in [1.165, 1.54) is 58.4 Å². The molecule has 0 bridgehead atoms. The molecule has 15 heavy (non-hydrogen) atoms. The Labute approximate surface area is 93.6 Å². The van der Waals surface area contributed by atoms with Crippen molar-refractivity contribution in [2.45, 2.75) is 31.7 Å². The van der Waals surface area contributed by atoms with E-state index in [9.17, 15) is 0 Å². The lowest BCUT2D eigenvalue weighted by molar-refractivity contribution is 0.123. The standard InChI is InChI=1S/C12H25N3/c1-14-5-7-15(8-6-14)10-11-3-2-4-12(13)9-11/h11-12H,2-10,13H2,1H3. The van der Waals surface area contributed by atoms with Crippen LogP contribution in [-0.2, 0) is 0 Å². The van der Waals surface area contributed by atoms with Gasteiger partial charge >= 0.3 is 0 Å². The van der Waals surface area contributed by atoms with Gasteiger partial charge in [0, 0.05) is 38.8 Å². The number of piperazine rings is 1.